The minimum Gasteiger partial charge on any atom is -0.486 e. The minimum atomic E-state index is -4.60. The van der Waals surface area contributed by atoms with Crippen molar-refractivity contribution in [2.24, 2.45) is 16.5 Å². The number of fused-ring (bicyclic) bond motifs is 1. The van der Waals surface area contributed by atoms with E-state index in [4.69, 9.17) is 16.2 Å². The zero-order valence-electron chi connectivity index (χ0n) is 15.3. The highest BCUT2D eigenvalue weighted by atomic mass is 32.1. The lowest BCUT2D eigenvalue weighted by Crippen LogP contribution is -2.36. The Kier molecular flexibility index (Phi) is 5.80. The lowest BCUT2D eigenvalue weighted by molar-refractivity contribution is -0.136. The van der Waals surface area contributed by atoms with Crippen LogP contribution in [0.3, 0.4) is 0 Å². The maximum Gasteiger partial charge on any atom is 0.417 e. The normalized spacial score (nSPS) is 12.4. The predicted molar refractivity (Wildman–Crippen MR) is 105 cm³/mol. The Hall–Kier alpha value is -3.05. The molecular weight excluding hydrogens is 407 g/mol. The van der Waals surface area contributed by atoms with Crippen molar-refractivity contribution in [2.75, 3.05) is 7.05 Å². The predicted octanol–water partition coefficient (Wildman–Crippen LogP) is 2.96. The van der Waals surface area contributed by atoms with Crippen LogP contribution in [0.25, 0.3) is 10.9 Å². The minimum absolute atomic E-state index is 0.0626. The van der Waals surface area contributed by atoms with E-state index in [-0.39, 0.29) is 34.9 Å². The summed E-state index contributed by atoms with van der Waals surface area (Å²) in [6.45, 7) is 0.551. The molecule has 0 aliphatic rings. The van der Waals surface area contributed by atoms with Gasteiger partial charge in [0.05, 0.1) is 11.1 Å². The lowest BCUT2D eigenvalue weighted by Gasteiger charge is -2.11. The summed E-state index contributed by atoms with van der Waals surface area (Å²) in [7, 11) is 1.37. The van der Waals surface area contributed by atoms with Crippen molar-refractivity contribution >= 4 is 34.1 Å². The molecule has 1 aromatic carbocycles. The Balaban J connectivity index is 1.98. The van der Waals surface area contributed by atoms with Gasteiger partial charge in [-0.05, 0) is 30.3 Å². The van der Waals surface area contributed by atoms with Crippen molar-refractivity contribution in [2.45, 2.75) is 19.3 Å². The fraction of sp³-hybridized carbons (Fsp3) is 0.222. The summed E-state index contributed by atoms with van der Waals surface area (Å²) in [6, 6.07) is 6.97. The van der Waals surface area contributed by atoms with E-state index in [9.17, 15) is 18.0 Å². The van der Waals surface area contributed by atoms with Gasteiger partial charge in [0.25, 0.3) is 5.91 Å². The van der Waals surface area contributed by atoms with Crippen molar-refractivity contribution in [3.63, 3.8) is 0 Å². The summed E-state index contributed by atoms with van der Waals surface area (Å²) in [5.74, 6) is -0.685. The topological polar surface area (TPSA) is 119 Å². The summed E-state index contributed by atoms with van der Waals surface area (Å²) in [4.78, 5) is 20.4. The van der Waals surface area contributed by atoms with E-state index in [0.29, 0.717) is 6.54 Å². The van der Waals surface area contributed by atoms with E-state index in [0.717, 1.165) is 21.9 Å². The summed E-state index contributed by atoms with van der Waals surface area (Å²) < 4.78 is 46.0. The van der Waals surface area contributed by atoms with Gasteiger partial charge in [-0.1, -0.05) is 0 Å². The van der Waals surface area contributed by atoms with Crippen LogP contribution in [-0.2, 0) is 19.3 Å². The number of nitrogens with one attached hydrogen (secondary N) is 2. The Morgan fingerprint density at radius 2 is 2.00 bits per heavy atom. The van der Waals surface area contributed by atoms with Crippen molar-refractivity contribution < 1.29 is 22.7 Å². The van der Waals surface area contributed by atoms with Crippen LogP contribution in [0.1, 0.15) is 25.8 Å². The third-order valence-corrected chi connectivity index (χ3v) is 5.16. The summed E-state index contributed by atoms with van der Waals surface area (Å²) in [6.07, 6.45) is -4.60. The fourth-order valence-electron chi connectivity index (χ4n) is 2.68. The van der Waals surface area contributed by atoms with Crippen LogP contribution in [0.5, 0.6) is 5.75 Å². The SMILES string of the molecule is CN=C(N)NC(=O)c1cc2c(C(F)(F)F)ccc(OCc3ccc(CN)s3)c2[nH]1. The molecule has 3 aromatic rings. The Bertz CT molecular complexity index is 1070. The second kappa shape index (κ2) is 8.13. The van der Waals surface area contributed by atoms with E-state index in [2.05, 4.69) is 15.3 Å². The third-order valence-electron chi connectivity index (χ3n) is 4.08. The number of carbonyl (C=O) groups is 1. The van der Waals surface area contributed by atoms with Crippen LogP contribution >= 0.6 is 11.3 Å². The summed E-state index contributed by atoms with van der Waals surface area (Å²) in [5.41, 5.74) is 10.1. The van der Waals surface area contributed by atoms with Crippen LogP contribution in [0.15, 0.2) is 35.3 Å². The zero-order chi connectivity index (χ0) is 21.2. The monoisotopic (exact) mass is 425 g/mol. The number of nitrogens with two attached hydrogens (primary N) is 2. The molecule has 7 nitrogen and oxygen atoms in total. The number of guanidine groups is 1. The quantitative estimate of drug-likeness (QED) is 0.371. The number of benzene rings is 1. The van der Waals surface area contributed by atoms with Gasteiger partial charge in [-0.2, -0.15) is 13.2 Å². The Morgan fingerprint density at radius 3 is 2.62 bits per heavy atom. The second-order valence-electron chi connectivity index (χ2n) is 6.00. The largest absolute Gasteiger partial charge is 0.486 e. The number of alkyl halides is 3. The first kappa shape index (κ1) is 20.7. The zero-order valence-corrected chi connectivity index (χ0v) is 16.1. The van der Waals surface area contributed by atoms with E-state index < -0.39 is 17.6 Å². The maximum atomic E-state index is 13.4. The Labute approximate surface area is 167 Å². The lowest BCUT2D eigenvalue weighted by atomic mass is 10.1. The highest BCUT2D eigenvalue weighted by molar-refractivity contribution is 7.11. The molecule has 11 heteroatoms. The van der Waals surface area contributed by atoms with E-state index in [1.54, 1.807) is 0 Å². The maximum absolute atomic E-state index is 13.4. The molecule has 0 radical (unpaired) electrons. The molecule has 154 valence electrons. The standard InChI is InChI=1S/C18H18F3N5O2S/c1-24-17(23)26-16(27)13-6-11-12(18(19,20)21)4-5-14(15(11)25-13)28-8-10-3-2-9(7-22)29-10/h2-6,25H,7-8,22H2,1H3,(H3,23,24,26,27). The van der Waals surface area contributed by atoms with Gasteiger partial charge in [0.2, 0.25) is 0 Å². The molecule has 0 atom stereocenters. The van der Waals surface area contributed by atoms with Gasteiger partial charge in [0, 0.05) is 28.7 Å². The molecule has 0 aliphatic carbocycles. The average Bonchev–Trinajstić information content (AvgIpc) is 3.32. The molecular formula is C18H18F3N5O2S. The molecule has 0 saturated heterocycles. The van der Waals surface area contributed by atoms with Gasteiger partial charge in [0.15, 0.2) is 5.96 Å². The van der Waals surface area contributed by atoms with Crippen molar-refractivity contribution in [1.29, 1.82) is 0 Å². The molecule has 0 spiro atoms. The number of aliphatic imine (C=N–C) groups is 1. The fourth-order valence-corrected chi connectivity index (χ4v) is 3.49. The molecule has 0 aliphatic heterocycles. The van der Waals surface area contributed by atoms with E-state index in [1.807, 2.05) is 12.1 Å². The number of amides is 1. The molecule has 0 unspecified atom stereocenters. The molecule has 0 fully saturated rings. The summed E-state index contributed by atoms with van der Waals surface area (Å²) >= 11 is 1.45. The smallest absolute Gasteiger partial charge is 0.417 e. The van der Waals surface area contributed by atoms with Gasteiger partial charge >= 0.3 is 6.18 Å². The third kappa shape index (κ3) is 4.51. The van der Waals surface area contributed by atoms with E-state index in [1.165, 1.54) is 24.5 Å². The molecule has 0 saturated carbocycles. The Morgan fingerprint density at radius 1 is 1.28 bits per heavy atom. The number of hydrogen-bond acceptors (Lipinski definition) is 5. The number of aromatic amines is 1. The van der Waals surface area contributed by atoms with Crippen molar-refractivity contribution in [3.05, 3.63) is 51.3 Å². The van der Waals surface area contributed by atoms with Gasteiger partial charge in [0.1, 0.15) is 18.1 Å². The number of hydrogen-bond donors (Lipinski definition) is 4. The molecule has 2 aromatic heterocycles. The van der Waals surface area contributed by atoms with Gasteiger partial charge in [-0.3, -0.25) is 15.1 Å². The van der Waals surface area contributed by atoms with Crippen LogP contribution < -0.4 is 21.5 Å². The first-order chi connectivity index (χ1) is 13.7. The van der Waals surface area contributed by atoms with Crippen LogP contribution in [0.4, 0.5) is 13.2 Å². The number of thiophene rings is 1. The number of halogens is 3. The number of H-pyrrole nitrogens is 1. The molecule has 0 bridgehead atoms. The van der Waals surface area contributed by atoms with Crippen LogP contribution in [0.2, 0.25) is 0 Å². The first-order valence-electron chi connectivity index (χ1n) is 8.40. The molecule has 6 N–H and O–H groups in total. The van der Waals surface area contributed by atoms with Crippen molar-refractivity contribution in [3.8, 4) is 5.75 Å². The molecule has 1 amide bonds. The highest BCUT2D eigenvalue weighted by Gasteiger charge is 2.34. The van der Waals surface area contributed by atoms with E-state index >= 15 is 0 Å². The van der Waals surface area contributed by atoms with Gasteiger partial charge in [-0.15, -0.1) is 11.3 Å². The summed E-state index contributed by atoms with van der Waals surface area (Å²) in [5, 5.41) is 2.10. The number of ether oxygens (including phenoxy) is 1. The van der Waals surface area contributed by atoms with Crippen LogP contribution in [0, 0.1) is 0 Å². The number of nitrogens with zero attached hydrogens (tertiary/aromatic N) is 1. The van der Waals surface area contributed by atoms with Crippen LogP contribution in [-0.4, -0.2) is 23.9 Å². The number of rotatable bonds is 5. The average molecular weight is 425 g/mol. The second-order valence-corrected chi connectivity index (χ2v) is 7.26. The van der Waals surface area contributed by atoms with Gasteiger partial charge < -0.3 is 21.2 Å². The molecule has 3 rings (SSSR count). The van der Waals surface area contributed by atoms with Gasteiger partial charge in [-0.25, -0.2) is 0 Å². The number of carbonyl (C=O) groups excluding carboxylic acids is 1. The van der Waals surface area contributed by atoms with Crippen molar-refractivity contribution in [1.82, 2.24) is 10.3 Å². The molecule has 29 heavy (non-hydrogen) atoms. The highest BCUT2D eigenvalue weighted by Crippen LogP contribution is 2.39. The molecule has 2 heterocycles. The number of aromatic nitrogens is 1. The first-order valence-corrected chi connectivity index (χ1v) is 9.21.